The molecule has 7 nitrogen and oxygen atoms in total. The second-order valence-corrected chi connectivity index (χ2v) is 6.26. The molecule has 2 heterocycles. The lowest BCUT2D eigenvalue weighted by atomic mass is 10.1. The molecule has 0 amide bonds. The van der Waals surface area contributed by atoms with E-state index in [0.717, 1.165) is 0 Å². The average Bonchev–Trinajstić information content (AvgIpc) is 2.99. The van der Waals surface area contributed by atoms with Gasteiger partial charge in [-0.15, -0.1) is 0 Å². The van der Waals surface area contributed by atoms with E-state index < -0.39 is 11.8 Å². The molecule has 0 aliphatic carbocycles. The van der Waals surface area contributed by atoms with Crippen LogP contribution in [0.2, 0.25) is 5.02 Å². The Morgan fingerprint density at radius 2 is 2.07 bits per heavy atom. The number of para-hydroxylation sites is 1. The van der Waals surface area contributed by atoms with Gasteiger partial charge in [0.25, 0.3) is 0 Å². The smallest absolute Gasteiger partial charge is 0.341 e. The molecule has 140 valence electrons. The van der Waals surface area contributed by atoms with Crippen LogP contribution in [0.5, 0.6) is 11.5 Å². The third-order valence-corrected chi connectivity index (χ3v) is 4.57. The number of nitrogens with one attached hydrogen (secondary N) is 1. The summed E-state index contributed by atoms with van der Waals surface area (Å²) in [4.78, 5) is 16.6. The van der Waals surface area contributed by atoms with Gasteiger partial charge in [0.05, 0.1) is 23.3 Å². The van der Waals surface area contributed by atoms with Crippen LogP contribution < -0.4 is 14.8 Å². The Labute approximate surface area is 158 Å². The number of imidazole rings is 1. The maximum Gasteiger partial charge on any atom is 0.341 e. The lowest BCUT2D eigenvalue weighted by molar-refractivity contribution is 0.0591. The number of hydrogen-bond donors (Lipinski definition) is 1. The summed E-state index contributed by atoms with van der Waals surface area (Å²) in [5, 5.41) is 3.12. The molecule has 0 saturated carbocycles. The van der Waals surface area contributed by atoms with E-state index >= 15 is 0 Å². The molecule has 0 atom stereocenters. The molecule has 0 unspecified atom stereocenters. The van der Waals surface area contributed by atoms with E-state index in [2.05, 4.69) is 10.3 Å². The topological polar surface area (TPSA) is 74.6 Å². The zero-order valence-corrected chi connectivity index (χ0v) is 15.3. The Hall–Kier alpha value is -3.00. The monoisotopic (exact) mass is 391 g/mol. The van der Waals surface area contributed by atoms with Crippen molar-refractivity contribution in [1.82, 2.24) is 9.55 Å². The molecule has 27 heavy (non-hydrogen) atoms. The Kier molecular flexibility index (Phi) is 4.27. The molecule has 4 rings (SSSR count). The first-order valence-electron chi connectivity index (χ1n) is 8.09. The lowest BCUT2D eigenvalue weighted by Crippen LogP contribution is -2.19. The summed E-state index contributed by atoms with van der Waals surface area (Å²) in [6.45, 7) is 0.649. The van der Waals surface area contributed by atoms with Gasteiger partial charge in [-0.25, -0.2) is 14.2 Å². The highest BCUT2D eigenvalue weighted by atomic mass is 35.5. The molecule has 1 aliphatic heterocycles. The Balaban J connectivity index is 1.90. The van der Waals surface area contributed by atoms with Gasteiger partial charge in [-0.1, -0.05) is 17.7 Å². The fourth-order valence-corrected chi connectivity index (χ4v) is 3.20. The average molecular weight is 392 g/mol. The number of aromatic nitrogens is 2. The molecule has 3 aromatic rings. The lowest BCUT2D eigenvalue weighted by Gasteiger charge is -2.21. The fourth-order valence-electron chi connectivity index (χ4n) is 2.99. The van der Waals surface area contributed by atoms with E-state index in [1.807, 2.05) is 0 Å². The standard InChI is InChI=1S/C18H15ClFN3O4/c1-23-14-12(21-18(23)22-13-10(19)4-3-5-11(13)20)8-9(17(24)25-2)15-16(14)27-7-6-26-15/h3-5,8H,6-7H2,1-2H3,(H,21,22). The molecular formula is C18H15ClFN3O4. The van der Waals surface area contributed by atoms with E-state index in [1.165, 1.54) is 19.2 Å². The Bertz CT molecular complexity index is 1050. The van der Waals surface area contributed by atoms with Crippen LogP contribution in [0.3, 0.4) is 0 Å². The minimum Gasteiger partial charge on any atom is -0.485 e. The molecule has 0 bridgehead atoms. The summed E-state index contributed by atoms with van der Waals surface area (Å²) in [5.41, 5.74) is 1.40. The predicted molar refractivity (Wildman–Crippen MR) is 97.7 cm³/mol. The van der Waals surface area contributed by atoms with Crippen LogP contribution in [-0.2, 0) is 11.8 Å². The van der Waals surface area contributed by atoms with Gasteiger partial charge in [-0.3, -0.25) is 0 Å². The molecule has 0 fully saturated rings. The number of anilines is 2. The number of esters is 1. The maximum atomic E-state index is 14.1. The number of ether oxygens (including phenoxy) is 3. The number of benzene rings is 2. The van der Waals surface area contributed by atoms with E-state index in [9.17, 15) is 9.18 Å². The molecule has 1 N–H and O–H groups in total. The molecule has 0 saturated heterocycles. The van der Waals surface area contributed by atoms with Crippen LogP contribution in [-0.4, -0.2) is 35.8 Å². The summed E-state index contributed by atoms with van der Waals surface area (Å²) < 4.78 is 32.0. The minimum atomic E-state index is -0.559. The maximum absolute atomic E-state index is 14.1. The number of carbonyl (C=O) groups excluding carboxylic acids is 1. The fraction of sp³-hybridized carbons (Fsp3) is 0.222. The van der Waals surface area contributed by atoms with Crippen molar-refractivity contribution in [2.45, 2.75) is 0 Å². The third kappa shape index (κ3) is 2.82. The number of aryl methyl sites for hydroxylation is 1. The van der Waals surface area contributed by atoms with Gasteiger partial charge in [-0.2, -0.15) is 0 Å². The predicted octanol–water partition coefficient (Wildman–Crippen LogP) is 3.67. The second kappa shape index (κ2) is 6.62. The summed E-state index contributed by atoms with van der Waals surface area (Å²) >= 11 is 6.09. The van der Waals surface area contributed by atoms with Crippen molar-refractivity contribution < 1.29 is 23.4 Å². The highest BCUT2D eigenvalue weighted by Crippen LogP contribution is 2.42. The first-order valence-corrected chi connectivity index (χ1v) is 8.47. The Morgan fingerprint density at radius 3 is 2.78 bits per heavy atom. The van der Waals surface area contributed by atoms with E-state index in [1.54, 1.807) is 23.7 Å². The number of nitrogens with zero attached hydrogens (tertiary/aromatic N) is 2. The zero-order chi connectivity index (χ0) is 19.1. The molecule has 9 heteroatoms. The van der Waals surface area contributed by atoms with Crippen molar-refractivity contribution in [3.05, 3.63) is 40.7 Å². The second-order valence-electron chi connectivity index (χ2n) is 5.85. The van der Waals surface area contributed by atoms with Gasteiger partial charge >= 0.3 is 5.97 Å². The number of halogens is 2. The summed E-state index contributed by atoms with van der Waals surface area (Å²) in [5.74, 6) is -0.0429. The van der Waals surface area contributed by atoms with E-state index in [0.29, 0.717) is 41.7 Å². The van der Waals surface area contributed by atoms with Crippen LogP contribution in [0.4, 0.5) is 16.0 Å². The normalized spacial score (nSPS) is 12.9. The van der Waals surface area contributed by atoms with Crippen LogP contribution in [0, 0.1) is 5.82 Å². The summed E-state index contributed by atoms with van der Waals surface area (Å²) in [6.07, 6.45) is 0. The minimum absolute atomic E-state index is 0.108. The number of hydrogen-bond acceptors (Lipinski definition) is 6. The Morgan fingerprint density at radius 1 is 1.33 bits per heavy atom. The number of carbonyl (C=O) groups is 1. The van der Waals surface area contributed by atoms with Crippen molar-refractivity contribution in [3.63, 3.8) is 0 Å². The molecular weight excluding hydrogens is 377 g/mol. The molecule has 0 radical (unpaired) electrons. The SMILES string of the molecule is COC(=O)c1cc2nc(Nc3c(F)cccc3Cl)n(C)c2c2c1OCCO2. The van der Waals surface area contributed by atoms with Gasteiger partial charge in [0.2, 0.25) is 5.95 Å². The van der Waals surface area contributed by atoms with Crippen LogP contribution in [0.1, 0.15) is 10.4 Å². The van der Waals surface area contributed by atoms with Crippen molar-refractivity contribution in [2.24, 2.45) is 7.05 Å². The van der Waals surface area contributed by atoms with E-state index in [-0.39, 0.29) is 16.3 Å². The molecule has 0 spiro atoms. The molecule has 1 aliphatic rings. The summed E-state index contributed by atoms with van der Waals surface area (Å²) in [7, 11) is 3.02. The van der Waals surface area contributed by atoms with Crippen molar-refractivity contribution in [2.75, 3.05) is 25.6 Å². The highest BCUT2D eigenvalue weighted by Gasteiger charge is 2.28. The quantitative estimate of drug-likeness (QED) is 0.687. The first kappa shape index (κ1) is 17.4. The summed E-state index contributed by atoms with van der Waals surface area (Å²) in [6, 6.07) is 5.94. The number of fused-ring (bicyclic) bond motifs is 3. The third-order valence-electron chi connectivity index (χ3n) is 4.25. The highest BCUT2D eigenvalue weighted by molar-refractivity contribution is 6.33. The van der Waals surface area contributed by atoms with Gasteiger partial charge in [0, 0.05) is 7.05 Å². The van der Waals surface area contributed by atoms with Gasteiger partial charge in [0.15, 0.2) is 11.5 Å². The first-order chi connectivity index (χ1) is 13.0. The van der Waals surface area contributed by atoms with Crippen molar-refractivity contribution in [3.8, 4) is 11.5 Å². The largest absolute Gasteiger partial charge is 0.485 e. The van der Waals surface area contributed by atoms with Gasteiger partial charge < -0.3 is 24.1 Å². The van der Waals surface area contributed by atoms with E-state index in [4.69, 9.17) is 25.8 Å². The zero-order valence-electron chi connectivity index (χ0n) is 14.5. The van der Waals surface area contributed by atoms with Gasteiger partial charge in [0.1, 0.15) is 30.1 Å². The van der Waals surface area contributed by atoms with Crippen molar-refractivity contribution in [1.29, 1.82) is 0 Å². The molecule has 2 aromatic carbocycles. The number of methoxy groups -OCH3 is 1. The molecule has 1 aromatic heterocycles. The van der Waals surface area contributed by atoms with Crippen molar-refractivity contribution >= 4 is 40.2 Å². The van der Waals surface area contributed by atoms with Crippen LogP contribution >= 0.6 is 11.6 Å². The van der Waals surface area contributed by atoms with Crippen LogP contribution in [0.25, 0.3) is 11.0 Å². The van der Waals surface area contributed by atoms with Gasteiger partial charge in [-0.05, 0) is 18.2 Å². The van der Waals surface area contributed by atoms with Crippen LogP contribution in [0.15, 0.2) is 24.3 Å². The number of rotatable bonds is 3.